The number of hydrogen-bond donors (Lipinski definition) is 2. The van der Waals surface area contributed by atoms with Gasteiger partial charge < -0.3 is 19.9 Å². The average Bonchev–Trinajstić information content (AvgIpc) is 2.82. The second kappa shape index (κ2) is 12.1. The standard InChI is InChI=1S/C24H28ClN3O5/c1-31-22-11-16(7-9-21(22)32-14-23(26)29)13-27-28-24(30)15-33-20-10-8-18(25)12-19(20)17-5-3-2-4-6-17/h7-13,17H,2-6,14-15H2,1H3,(H2,26,29)(H,28,30)/b27-13+. The number of carbonyl (C=O) groups is 2. The van der Waals surface area contributed by atoms with Crippen LogP contribution in [-0.2, 0) is 9.59 Å². The van der Waals surface area contributed by atoms with Gasteiger partial charge in [0.15, 0.2) is 24.7 Å². The van der Waals surface area contributed by atoms with Crippen LogP contribution in [0.3, 0.4) is 0 Å². The fourth-order valence-corrected chi connectivity index (χ4v) is 3.95. The van der Waals surface area contributed by atoms with E-state index in [9.17, 15) is 9.59 Å². The quantitative estimate of drug-likeness (QED) is 0.402. The van der Waals surface area contributed by atoms with Gasteiger partial charge in [-0.25, -0.2) is 5.43 Å². The lowest BCUT2D eigenvalue weighted by molar-refractivity contribution is -0.123. The predicted octanol–water partition coefficient (Wildman–Crippen LogP) is 3.79. The first-order chi connectivity index (χ1) is 16.0. The molecule has 33 heavy (non-hydrogen) atoms. The van der Waals surface area contributed by atoms with Crippen molar-refractivity contribution in [2.75, 3.05) is 20.3 Å². The van der Waals surface area contributed by atoms with Crippen LogP contribution >= 0.6 is 11.6 Å². The van der Waals surface area contributed by atoms with Gasteiger partial charge in [0.1, 0.15) is 5.75 Å². The van der Waals surface area contributed by atoms with E-state index in [4.69, 9.17) is 31.5 Å². The van der Waals surface area contributed by atoms with E-state index < -0.39 is 5.91 Å². The molecule has 176 valence electrons. The van der Waals surface area contributed by atoms with E-state index >= 15 is 0 Å². The molecule has 1 aliphatic rings. The molecule has 0 aromatic heterocycles. The molecule has 1 saturated carbocycles. The Hall–Kier alpha value is -3.26. The van der Waals surface area contributed by atoms with Crippen LogP contribution in [-0.4, -0.2) is 38.4 Å². The van der Waals surface area contributed by atoms with Gasteiger partial charge in [0.05, 0.1) is 13.3 Å². The van der Waals surface area contributed by atoms with Gasteiger partial charge in [-0.3, -0.25) is 9.59 Å². The Morgan fingerprint density at radius 2 is 1.79 bits per heavy atom. The average molecular weight is 474 g/mol. The zero-order valence-corrected chi connectivity index (χ0v) is 19.3. The Kier molecular flexibility index (Phi) is 8.95. The van der Waals surface area contributed by atoms with Crippen LogP contribution in [0, 0.1) is 0 Å². The smallest absolute Gasteiger partial charge is 0.277 e. The summed E-state index contributed by atoms with van der Waals surface area (Å²) in [5, 5.41) is 4.63. The Balaban J connectivity index is 1.55. The lowest BCUT2D eigenvalue weighted by Gasteiger charge is -2.24. The topological polar surface area (TPSA) is 112 Å². The van der Waals surface area contributed by atoms with Gasteiger partial charge in [-0.2, -0.15) is 5.10 Å². The van der Waals surface area contributed by atoms with E-state index in [0.29, 0.717) is 33.8 Å². The number of hydrazone groups is 1. The normalized spacial score (nSPS) is 14.1. The maximum Gasteiger partial charge on any atom is 0.277 e. The number of ether oxygens (including phenoxy) is 3. The molecular formula is C24H28ClN3O5. The molecule has 3 rings (SSSR count). The van der Waals surface area contributed by atoms with Crippen LogP contribution in [0.1, 0.15) is 49.1 Å². The van der Waals surface area contributed by atoms with Gasteiger partial charge in [0.2, 0.25) is 0 Å². The molecule has 2 amide bonds. The Morgan fingerprint density at radius 1 is 1.06 bits per heavy atom. The van der Waals surface area contributed by atoms with Crippen molar-refractivity contribution in [3.05, 3.63) is 52.5 Å². The summed E-state index contributed by atoms with van der Waals surface area (Å²) in [5.41, 5.74) is 9.26. The number of nitrogens with zero attached hydrogens (tertiary/aromatic N) is 1. The van der Waals surface area contributed by atoms with Crippen molar-refractivity contribution in [3.8, 4) is 17.2 Å². The highest BCUT2D eigenvalue weighted by molar-refractivity contribution is 6.30. The second-order valence-electron chi connectivity index (χ2n) is 7.76. The Labute approximate surface area is 198 Å². The molecule has 8 nitrogen and oxygen atoms in total. The number of nitrogens with one attached hydrogen (secondary N) is 1. The fourth-order valence-electron chi connectivity index (χ4n) is 3.77. The van der Waals surface area contributed by atoms with Gasteiger partial charge in [-0.15, -0.1) is 0 Å². The third-order valence-corrected chi connectivity index (χ3v) is 5.57. The van der Waals surface area contributed by atoms with Gasteiger partial charge >= 0.3 is 0 Å². The summed E-state index contributed by atoms with van der Waals surface area (Å²) in [6.45, 7) is -0.419. The van der Waals surface area contributed by atoms with Gasteiger partial charge in [-0.1, -0.05) is 30.9 Å². The molecule has 0 unspecified atom stereocenters. The highest BCUT2D eigenvalue weighted by Crippen LogP contribution is 2.38. The minimum Gasteiger partial charge on any atom is -0.493 e. The Morgan fingerprint density at radius 3 is 2.52 bits per heavy atom. The predicted molar refractivity (Wildman–Crippen MR) is 126 cm³/mol. The fraction of sp³-hybridized carbons (Fsp3) is 0.375. The van der Waals surface area contributed by atoms with Crippen molar-refractivity contribution >= 4 is 29.6 Å². The van der Waals surface area contributed by atoms with Crippen molar-refractivity contribution in [1.82, 2.24) is 5.43 Å². The van der Waals surface area contributed by atoms with Gasteiger partial charge in [-0.05, 0) is 66.3 Å². The van der Waals surface area contributed by atoms with E-state index in [2.05, 4.69) is 10.5 Å². The van der Waals surface area contributed by atoms with Crippen molar-refractivity contribution in [3.63, 3.8) is 0 Å². The molecular weight excluding hydrogens is 446 g/mol. The number of primary amides is 1. The SMILES string of the molecule is COc1cc(/C=N/NC(=O)COc2ccc(Cl)cc2C2CCCCC2)ccc1OCC(N)=O. The number of benzene rings is 2. The summed E-state index contributed by atoms with van der Waals surface area (Å²) in [5.74, 6) is 0.900. The summed E-state index contributed by atoms with van der Waals surface area (Å²) < 4.78 is 16.3. The van der Waals surface area contributed by atoms with E-state index in [0.717, 1.165) is 18.4 Å². The lowest BCUT2D eigenvalue weighted by Crippen LogP contribution is -2.25. The summed E-state index contributed by atoms with van der Waals surface area (Å²) in [7, 11) is 1.48. The van der Waals surface area contributed by atoms with E-state index in [1.807, 2.05) is 12.1 Å². The largest absolute Gasteiger partial charge is 0.493 e. The van der Waals surface area contributed by atoms with Crippen LogP contribution in [0.15, 0.2) is 41.5 Å². The first kappa shape index (κ1) is 24.4. The molecule has 1 fully saturated rings. The molecule has 3 N–H and O–H groups in total. The lowest BCUT2D eigenvalue weighted by atomic mass is 9.84. The summed E-state index contributed by atoms with van der Waals surface area (Å²) in [6, 6.07) is 10.5. The molecule has 1 aliphatic carbocycles. The minimum atomic E-state index is -0.586. The molecule has 0 atom stereocenters. The van der Waals surface area contributed by atoms with E-state index in [-0.39, 0.29) is 19.1 Å². The second-order valence-corrected chi connectivity index (χ2v) is 8.20. The molecule has 0 bridgehead atoms. The summed E-state index contributed by atoms with van der Waals surface area (Å²) in [6.07, 6.45) is 7.30. The number of carbonyl (C=O) groups excluding carboxylic acids is 2. The number of methoxy groups -OCH3 is 1. The Bertz CT molecular complexity index is 1010. The van der Waals surface area contributed by atoms with E-state index in [1.165, 1.54) is 32.6 Å². The van der Waals surface area contributed by atoms with Crippen LogP contribution in [0.5, 0.6) is 17.2 Å². The van der Waals surface area contributed by atoms with Crippen LogP contribution in [0.25, 0.3) is 0 Å². The zero-order valence-electron chi connectivity index (χ0n) is 18.5. The summed E-state index contributed by atoms with van der Waals surface area (Å²) in [4.78, 5) is 23.1. The number of halogens is 1. The van der Waals surface area contributed by atoms with Crippen LogP contribution in [0.4, 0.5) is 0 Å². The van der Waals surface area contributed by atoms with Crippen LogP contribution < -0.4 is 25.4 Å². The molecule has 2 aromatic rings. The number of hydrogen-bond acceptors (Lipinski definition) is 6. The highest BCUT2D eigenvalue weighted by Gasteiger charge is 2.20. The maximum absolute atomic E-state index is 12.2. The maximum atomic E-state index is 12.2. The first-order valence-electron chi connectivity index (χ1n) is 10.8. The zero-order chi connectivity index (χ0) is 23.6. The molecule has 0 aliphatic heterocycles. The molecule has 0 radical (unpaired) electrons. The molecule has 0 heterocycles. The van der Waals surface area contributed by atoms with Crippen molar-refractivity contribution in [1.29, 1.82) is 0 Å². The first-order valence-corrected chi connectivity index (χ1v) is 11.2. The molecule has 0 saturated heterocycles. The van der Waals surface area contributed by atoms with Crippen molar-refractivity contribution in [2.45, 2.75) is 38.0 Å². The van der Waals surface area contributed by atoms with Gasteiger partial charge in [0, 0.05) is 5.02 Å². The minimum absolute atomic E-state index is 0.165. The summed E-state index contributed by atoms with van der Waals surface area (Å²) >= 11 is 6.20. The van der Waals surface area contributed by atoms with Crippen LogP contribution in [0.2, 0.25) is 5.02 Å². The van der Waals surface area contributed by atoms with Crippen molar-refractivity contribution < 1.29 is 23.8 Å². The third-order valence-electron chi connectivity index (χ3n) is 5.34. The highest BCUT2D eigenvalue weighted by atomic mass is 35.5. The molecule has 2 aromatic carbocycles. The monoisotopic (exact) mass is 473 g/mol. The van der Waals surface area contributed by atoms with Crippen molar-refractivity contribution in [2.24, 2.45) is 10.8 Å². The molecule has 9 heteroatoms. The number of nitrogens with two attached hydrogens (primary N) is 1. The van der Waals surface area contributed by atoms with E-state index in [1.54, 1.807) is 24.3 Å². The molecule has 0 spiro atoms. The van der Waals surface area contributed by atoms with Gasteiger partial charge in [0.25, 0.3) is 11.8 Å². The number of amides is 2. The third kappa shape index (κ3) is 7.39. The number of rotatable bonds is 10.